The van der Waals surface area contributed by atoms with Crippen molar-refractivity contribution in [3.63, 3.8) is 0 Å². The van der Waals surface area contributed by atoms with E-state index in [1.165, 1.54) is 18.4 Å². The Balaban J connectivity index is 1.85. The first kappa shape index (κ1) is 12.0. The second-order valence-corrected chi connectivity index (χ2v) is 5.42. The Morgan fingerprint density at radius 1 is 1.28 bits per heavy atom. The minimum atomic E-state index is 0.236. The van der Waals surface area contributed by atoms with Gasteiger partial charge in [0.2, 0.25) is 0 Å². The van der Waals surface area contributed by atoms with Crippen LogP contribution in [0.3, 0.4) is 0 Å². The molecule has 98 valence electrons. The van der Waals surface area contributed by atoms with Crippen LogP contribution in [0.2, 0.25) is 0 Å². The van der Waals surface area contributed by atoms with E-state index in [-0.39, 0.29) is 5.41 Å². The number of benzene rings is 1. The van der Waals surface area contributed by atoms with Crippen molar-refractivity contribution in [3.05, 3.63) is 29.8 Å². The van der Waals surface area contributed by atoms with Gasteiger partial charge in [0.15, 0.2) is 0 Å². The molecule has 3 heteroatoms. The number of ether oxygens (including phenoxy) is 2. The van der Waals surface area contributed by atoms with Crippen molar-refractivity contribution in [3.8, 4) is 5.75 Å². The van der Waals surface area contributed by atoms with Crippen LogP contribution in [0.25, 0.3) is 0 Å². The number of hydrogen-bond donors (Lipinski definition) is 1. The smallest absolute Gasteiger partial charge is 0.118 e. The van der Waals surface area contributed by atoms with Crippen LogP contribution >= 0.6 is 0 Å². The maximum Gasteiger partial charge on any atom is 0.118 e. The molecule has 1 atom stereocenters. The molecule has 2 heterocycles. The third-order valence-electron chi connectivity index (χ3n) is 4.46. The van der Waals surface area contributed by atoms with Gasteiger partial charge in [-0.25, -0.2) is 0 Å². The number of rotatable bonds is 3. The van der Waals surface area contributed by atoms with E-state index in [1.807, 2.05) is 0 Å². The number of piperidine rings is 1. The van der Waals surface area contributed by atoms with Crippen molar-refractivity contribution >= 4 is 0 Å². The summed E-state index contributed by atoms with van der Waals surface area (Å²) in [5.74, 6) is 1.63. The van der Waals surface area contributed by atoms with Crippen molar-refractivity contribution in [2.75, 3.05) is 33.4 Å². The largest absolute Gasteiger partial charge is 0.497 e. The Morgan fingerprint density at radius 3 is 2.56 bits per heavy atom. The molecule has 1 aromatic carbocycles. The molecule has 1 N–H and O–H groups in total. The highest BCUT2D eigenvalue weighted by atomic mass is 16.5. The summed E-state index contributed by atoms with van der Waals surface area (Å²) in [6.45, 7) is 4.02. The number of hydrogen-bond acceptors (Lipinski definition) is 3. The van der Waals surface area contributed by atoms with E-state index in [2.05, 4.69) is 29.6 Å². The summed E-state index contributed by atoms with van der Waals surface area (Å²) in [7, 11) is 1.71. The van der Waals surface area contributed by atoms with Gasteiger partial charge in [0.1, 0.15) is 5.75 Å². The maximum absolute atomic E-state index is 5.54. The van der Waals surface area contributed by atoms with E-state index in [0.29, 0.717) is 5.92 Å². The summed E-state index contributed by atoms with van der Waals surface area (Å²) in [5.41, 5.74) is 1.64. The molecule has 0 spiro atoms. The van der Waals surface area contributed by atoms with Gasteiger partial charge in [-0.1, -0.05) is 12.1 Å². The molecule has 0 bridgehead atoms. The molecular formula is C15H21NO2. The van der Waals surface area contributed by atoms with Crippen LogP contribution in [0, 0.1) is 5.92 Å². The molecule has 1 aromatic rings. The second-order valence-electron chi connectivity index (χ2n) is 5.42. The van der Waals surface area contributed by atoms with E-state index < -0.39 is 0 Å². The Hall–Kier alpha value is -1.06. The lowest BCUT2D eigenvalue weighted by Crippen LogP contribution is -2.56. The van der Waals surface area contributed by atoms with Gasteiger partial charge in [-0.05, 0) is 49.5 Å². The van der Waals surface area contributed by atoms with Gasteiger partial charge in [0, 0.05) is 5.41 Å². The lowest BCUT2D eigenvalue weighted by Gasteiger charge is -2.49. The van der Waals surface area contributed by atoms with Crippen LogP contribution in [-0.4, -0.2) is 33.4 Å². The molecule has 0 aromatic heterocycles. The fourth-order valence-electron chi connectivity index (χ4n) is 3.21. The van der Waals surface area contributed by atoms with Crippen LogP contribution in [0.1, 0.15) is 18.4 Å². The van der Waals surface area contributed by atoms with Crippen LogP contribution in [0.15, 0.2) is 24.3 Å². The molecule has 0 aliphatic carbocycles. The Kier molecular flexibility index (Phi) is 3.27. The van der Waals surface area contributed by atoms with Crippen LogP contribution < -0.4 is 10.1 Å². The lowest BCUT2D eigenvalue weighted by molar-refractivity contribution is -0.0947. The van der Waals surface area contributed by atoms with Crippen LogP contribution in [-0.2, 0) is 10.2 Å². The average molecular weight is 247 g/mol. The topological polar surface area (TPSA) is 30.5 Å². The molecule has 18 heavy (non-hydrogen) atoms. The molecular weight excluding hydrogens is 226 g/mol. The minimum absolute atomic E-state index is 0.236. The molecule has 2 fully saturated rings. The zero-order valence-electron chi connectivity index (χ0n) is 10.9. The third kappa shape index (κ3) is 1.91. The first-order chi connectivity index (χ1) is 8.85. The molecule has 2 aliphatic rings. The number of methoxy groups -OCH3 is 1. The normalized spacial score (nSPS) is 26.4. The predicted molar refractivity (Wildman–Crippen MR) is 71.1 cm³/mol. The zero-order chi connectivity index (χ0) is 12.4. The van der Waals surface area contributed by atoms with Gasteiger partial charge in [0.25, 0.3) is 0 Å². The van der Waals surface area contributed by atoms with Crippen molar-refractivity contribution in [1.29, 1.82) is 0 Å². The molecule has 2 aliphatic heterocycles. The monoisotopic (exact) mass is 247 g/mol. The van der Waals surface area contributed by atoms with Gasteiger partial charge in [-0.15, -0.1) is 0 Å². The quantitative estimate of drug-likeness (QED) is 0.885. The molecule has 0 amide bonds. The minimum Gasteiger partial charge on any atom is -0.497 e. The van der Waals surface area contributed by atoms with Gasteiger partial charge in [0.05, 0.1) is 20.3 Å². The Bertz CT molecular complexity index is 391. The fraction of sp³-hybridized carbons (Fsp3) is 0.600. The summed E-state index contributed by atoms with van der Waals surface area (Å²) >= 11 is 0. The van der Waals surface area contributed by atoms with Crippen molar-refractivity contribution < 1.29 is 9.47 Å². The fourth-order valence-corrected chi connectivity index (χ4v) is 3.21. The Labute approximate surface area is 108 Å². The maximum atomic E-state index is 5.54. The molecule has 3 nitrogen and oxygen atoms in total. The van der Waals surface area contributed by atoms with Gasteiger partial charge < -0.3 is 14.8 Å². The van der Waals surface area contributed by atoms with Gasteiger partial charge >= 0.3 is 0 Å². The molecule has 1 unspecified atom stereocenters. The van der Waals surface area contributed by atoms with Crippen LogP contribution in [0.4, 0.5) is 0 Å². The summed E-state index contributed by atoms with van der Waals surface area (Å²) in [6.07, 6.45) is 2.59. The van der Waals surface area contributed by atoms with E-state index >= 15 is 0 Å². The molecule has 3 rings (SSSR count). The number of nitrogens with one attached hydrogen (secondary N) is 1. The van der Waals surface area contributed by atoms with E-state index in [4.69, 9.17) is 9.47 Å². The molecule has 0 radical (unpaired) electrons. The van der Waals surface area contributed by atoms with Gasteiger partial charge in [-0.2, -0.15) is 0 Å². The van der Waals surface area contributed by atoms with Crippen molar-refractivity contribution in [1.82, 2.24) is 5.32 Å². The van der Waals surface area contributed by atoms with Crippen molar-refractivity contribution in [2.45, 2.75) is 18.3 Å². The summed E-state index contributed by atoms with van der Waals surface area (Å²) in [5, 5.41) is 3.52. The highest BCUT2D eigenvalue weighted by molar-refractivity contribution is 5.35. The van der Waals surface area contributed by atoms with Crippen molar-refractivity contribution in [2.24, 2.45) is 5.92 Å². The summed E-state index contributed by atoms with van der Waals surface area (Å²) < 4.78 is 10.8. The molecule has 0 saturated carbocycles. The Morgan fingerprint density at radius 2 is 2.06 bits per heavy atom. The standard InChI is InChI=1S/C15H21NO2/c1-17-14-6-4-12(5-7-14)15(10-18-11-15)13-3-2-8-16-9-13/h4-7,13,16H,2-3,8-11H2,1H3. The third-order valence-corrected chi connectivity index (χ3v) is 4.46. The predicted octanol–water partition coefficient (Wildman–Crippen LogP) is 1.96. The highest BCUT2D eigenvalue weighted by Gasteiger charge is 2.47. The summed E-state index contributed by atoms with van der Waals surface area (Å²) in [4.78, 5) is 0. The first-order valence-electron chi connectivity index (χ1n) is 6.78. The SMILES string of the molecule is COc1ccc(C2(C3CCCNC3)COC2)cc1. The van der Waals surface area contributed by atoms with E-state index in [0.717, 1.165) is 32.1 Å². The zero-order valence-corrected chi connectivity index (χ0v) is 10.9. The summed E-state index contributed by atoms with van der Waals surface area (Å²) in [6, 6.07) is 8.53. The van der Waals surface area contributed by atoms with Crippen LogP contribution in [0.5, 0.6) is 5.75 Å². The first-order valence-corrected chi connectivity index (χ1v) is 6.78. The second kappa shape index (κ2) is 4.90. The highest BCUT2D eigenvalue weighted by Crippen LogP contribution is 2.42. The van der Waals surface area contributed by atoms with E-state index in [1.54, 1.807) is 7.11 Å². The molecule has 2 saturated heterocycles. The van der Waals surface area contributed by atoms with Gasteiger partial charge in [-0.3, -0.25) is 0 Å². The average Bonchev–Trinajstić information content (AvgIpc) is 2.40. The van der Waals surface area contributed by atoms with E-state index in [9.17, 15) is 0 Å². The lowest BCUT2D eigenvalue weighted by atomic mass is 9.66.